The number of hydrogen-bond acceptors (Lipinski definition) is 11. The Hall–Kier alpha value is -1.65. The van der Waals surface area contributed by atoms with Crippen molar-refractivity contribution < 1.29 is 52.4 Å². The van der Waals surface area contributed by atoms with Crippen LogP contribution in [0.2, 0.25) is 0 Å². The number of nitrogens with one attached hydrogen (secondary N) is 3. The standard InChI is InChI=1S/C36H73N4O11PS/c1-3-5-7-9-11-13-15-17-19-39-35(42)50-29-32(51-36(43)40-20-18-16-14-12-10-8-6-4-2)30-53-31-33(37)34(41)38-21-22-47-23-24-48-25-26-49-27-28-52(44,45)46/h32-33H,3-31,37H2,1-2H3,(H,38,41)(H,39,42)(H,40,43)(H2,44,45,46)/t32-,33+/m1/s1. The van der Waals surface area contributed by atoms with Crippen molar-refractivity contribution >= 4 is 37.5 Å². The maximum atomic E-state index is 12.5. The van der Waals surface area contributed by atoms with Crippen LogP contribution in [0.1, 0.15) is 117 Å². The van der Waals surface area contributed by atoms with Crippen molar-refractivity contribution in [1.82, 2.24) is 16.0 Å². The molecule has 0 unspecified atom stereocenters. The summed E-state index contributed by atoms with van der Waals surface area (Å²) in [4.78, 5) is 54.9. The summed E-state index contributed by atoms with van der Waals surface area (Å²) in [5.74, 6) is 0.207. The molecule has 53 heavy (non-hydrogen) atoms. The van der Waals surface area contributed by atoms with E-state index in [9.17, 15) is 18.9 Å². The average molecular weight is 801 g/mol. The van der Waals surface area contributed by atoms with Crippen molar-refractivity contribution in [2.24, 2.45) is 5.73 Å². The predicted molar refractivity (Wildman–Crippen MR) is 211 cm³/mol. The highest BCUT2D eigenvalue weighted by molar-refractivity contribution is 7.99. The first-order valence-corrected chi connectivity index (χ1v) is 22.8. The molecule has 0 aliphatic carbocycles. The summed E-state index contributed by atoms with van der Waals surface area (Å²) in [6, 6.07) is -0.804. The maximum Gasteiger partial charge on any atom is 0.407 e. The second-order valence-electron chi connectivity index (χ2n) is 13.1. The zero-order valence-corrected chi connectivity index (χ0v) is 34.4. The largest absolute Gasteiger partial charge is 0.446 e. The summed E-state index contributed by atoms with van der Waals surface area (Å²) < 4.78 is 37.5. The van der Waals surface area contributed by atoms with Gasteiger partial charge in [-0.05, 0) is 12.8 Å². The molecule has 0 fully saturated rings. The van der Waals surface area contributed by atoms with Gasteiger partial charge in [0.15, 0.2) is 0 Å². The van der Waals surface area contributed by atoms with Crippen molar-refractivity contribution in [3.05, 3.63) is 0 Å². The van der Waals surface area contributed by atoms with E-state index in [0.29, 0.717) is 26.3 Å². The Kier molecular flexibility index (Phi) is 36.1. The molecule has 0 heterocycles. The highest BCUT2D eigenvalue weighted by Gasteiger charge is 2.20. The fraction of sp³-hybridized carbons (Fsp3) is 0.917. The van der Waals surface area contributed by atoms with Gasteiger partial charge >= 0.3 is 19.8 Å². The van der Waals surface area contributed by atoms with Crippen LogP contribution in [-0.4, -0.2) is 124 Å². The smallest absolute Gasteiger partial charge is 0.407 e. The molecule has 0 bridgehead atoms. The molecule has 7 N–H and O–H groups in total. The molecule has 0 rings (SSSR count). The van der Waals surface area contributed by atoms with Crippen LogP contribution in [0.3, 0.4) is 0 Å². The molecule has 0 saturated heterocycles. The number of carbonyl (C=O) groups is 3. The van der Waals surface area contributed by atoms with Gasteiger partial charge in [-0.15, -0.1) is 0 Å². The van der Waals surface area contributed by atoms with E-state index in [-0.39, 0.29) is 63.2 Å². The summed E-state index contributed by atoms with van der Waals surface area (Å²) in [6.07, 6.45) is 16.5. The van der Waals surface area contributed by atoms with E-state index in [2.05, 4.69) is 29.8 Å². The minimum Gasteiger partial charge on any atom is -0.446 e. The van der Waals surface area contributed by atoms with Gasteiger partial charge in [-0.2, -0.15) is 11.8 Å². The number of ether oxygens (including phenoxy) is 5. The number of hydrogen-bond donors (Lipinski definition) is 6. The molecule has 17 heteroatoms. The van der Waals surface area contributed by atoms with Crippen LogP contribution >= 0.6 is 19.4 Å². The third kappa shape index (κ3) is 38.4. The molecule has 0 aromatic heterocycles. The Morgan fingerprint density at radius 3 is 1.62 bits per heavy atom. The Morgan fingerprint density at radius 1 is 0.623 bits per heavy atom. The lowest BCUT2D eigenvalue weighted by Crippen LogP contribution is -2.43. The molecule has 3 amide bonds. The fourth-order valence-corrected chi connectivity index (χ4v) is 6.27. The number of unbranched alkanes of at least 4 members (excludes halogenated alkanes) is 14. The van der Waals surface area contributed by atoms with Crippen LogP contribution in [0, 0.1) is 0 Å². The van der Waals surface area contributed by atoms with Gasteiger partial charge in [-0.1, -0.05) is 104 Å². The minimum atomic E-state index is -4.05. The summed E-state index contributed by atoms with van der Waals surface area (Å²) >= 11 is 1.33. The SMILES string of the molecule is CCCCCCCCCCNC(=O)OC[C@H](CSC[C@H](N)C(=O)NCCOCCOCCOCCP(=O)(O)O)OC(=O)NCCCCCCCCCC. The van der Waals surface area contributed by atoms with Gasteiger partial charge in [0.25, 0.3) is 0 Å². The van der Waals surface area contributed by atoms with Gasteiger partial charge in [0.1, 0.15) is 12.7 Å². The topological polar surface area (TPSA) is 217 Å². The van der Waals surface area contributed by atoms with Crippen molar-refractivity contribution in [2.75, 3.05) is 83.6 Å². The van der Waals surface area contributed by atoms with Crippen molar-refractivity contribution in [1.29, 1.82) is 0 Å². The van der Waals surface area contributed by atoms with Crippen LogP contribution in [0.4, 0.5) is 9.59 Å². The first kappa shape index (κ1) is 51.4. The highest BCUT2D eigenvalue weighted by Crippen LogP contribution is 2.33. The van der Waals surface area contributed by atoms with Gasteiger partial charge in [0, 0.05) is 31.1 Å². The van der Waals surface area contributed by atoms with Crippen LogP contribution in [-0.2, 0) is 33.0 Å². The van der Waals surface area contributed by atoms with Crippen LogP contribution in [0.25, 0.3) is 0 Å². The number of rotatable bonds is 38. The molecule has 0 radical (unpaired) electrons. The zero-order chi connectivity index (χ0) is 39.3. The van der Waals surface area contributed by atoms with E-state index in [1.807, 2.05) is 0 Å². The lowest BCUT2D eigenvalue weighted by atomic mass is 10.1. The number of alkyl carbamates (subject to hydrolysis) is 2. The van der Waals surface area contributed by atoms with Crippen LogP contribution < -0.4 is 21.7 Å². The molecule has 2 atom stereocenters. The van der Waals surface area contributed by atoms with Crippen LogP contribution in [0.15, 0.2) is 0 Å². The van der Waals surface area contributed by atoms with E-state index in [1.54, 1.807) is 0 Å². The molecule has 314 valence electrons. The van der Waals surface area contributed by atoms with Gasteiger partial charge in [0.05, 0.1) is 51.8 Å². The van der Waals surface area contributed by atoms with Crippen molar-refractivity contribution in [3.8, 4) is 0 Å². The third-order valence-corrected chi connectivity index (χ3v) is 10.00. The number of amides is 3. The van der Waals surface area contributed by atoms with E-state index in [0.717, 1.165) is 38.5 Å². The average Bonchev–Trinajstić information content (AvgIpc) is 3.12. The van der Waals surface area contributed by atoms with Gasteiger partial charge in [-0.25, -0.2) is 9.59 Å². The molecule has 0 aromatic rings. The second kappa shape index (κ2) is 37.3. The number of carbonyl (C=O) groups excluding carboxylic acids is 3. The Balaban J connectivity index is 4.38. The second-order valence-corrected chi connectivity index (χ2v) is 15.9. The lowest BCUT2D eigenvalue weighted by molar-refractivity contribution is -0.122. The number of nitrogens with two attached hydrogens (primary N) is 1. The Bertz CT molecular complexity index is 936. The van der Waals surface area contributed by atoms with Gasteiger partial charge in [0.2, 0.25) is 5.91 Å². The minimum absolute atomic E-state index is 0.0396. The molecular formula is C36H73N4O11PS. The molecule has 0 aliphatic heterocycles. The van der Waals surface area contributed by atoms with Crippen molar-refractivity contribution in [3.63, 3.8) is 0 Å². The Morgan fingerprint density at radius 2 is 1.09 bits per heavy atom. The molecule has 0 spiro atoms. The van der Waals surface area contributed by atoms with E-state index < -0.39 is 31.9 Å². The Labute approximate surface area is 323 Å². The first-order chi connectivity index (χ1) is 25.6. The monoisotopic (exact) mass is 800 g/mol. The first-order valence-electron chi connectivity index (χ1n) is 19.8. The summed E-state index contributed by atoms with van der Waals surface area (Å²) in [7, 11) is -4.05. The normalized spacial score (nSPS) is 12.6. The van der Waals surface area contributed by atoms with E-state index in [4.69, 9.17) is 39.2 Å². The van der Waals surface area contributed by atoms with Gasteiger partial charge in [-0.3, -0.25) is 9.36 Å². The molecule has 0 saturated carbocycles. The number of thioether (sulfide) groups is 1. The summed E-state index contributed by atoms with van der Waals surface area (Å²) in [5.41, 5.74) is 6.08. The van der Waals surface area contributed by atoms with Crippen molar-refractivity contribution in [2.45, 2.75) is 129 Å². The van der Waals surface area contributed by atoms with E-state index >= 15 is 0 Å². The summed E-state index contributed by atoms with van der Waals surface area (Å²) in [5, 5.41) is 8.29. The molecule has 0 aromatic carbocycles. The van der Waals surface area contributed by atoms with E-state index in [1.165, 1.54) is 76.0 Å². The quantitative estimate of drug-likeness (QED) is 0.0337. The predicted octanol–water partition coefficient (Wildman–Crippen LogP) is 5.49. The lowest BCUT2D eigenvalue weighted by Gasteiger charge is -2.19. The maximum absolute atomic E-state index is 12.5. The molecular weight excluding hydrogens is 727 g/mol. The summed E-state index contributed by atoms with van der Waals surface area (Å²) in [6.45, 7) is 6.89. The molecule has 15 nitrogen and oxygen atoms in total. The highest BCUT2D eigenvalue weighted by atomic mass is 32.2. The zero-order valence-electron chi connectivity index (χ0n) is 32.7. The fourth-order valence-electron chi connectivity index (χ4n) is 4.93. The third-order valence-electron chi connectivity index (χ3n) is 8.03. The van der Waals surface area contributed by atoms with Gasteiger partial charge < -0.3 is 55.2 Å². The molecule has 0 aliphatic rings. The van der Waals surface area contributed by atoms with Crippen LogP contribution in [0.5, 0.6) is 0 Å².